The number of carbonyl (C=O) groups excluding carboxylic acids is 2. The van der Waals surface area contributed by atoms with E-state index in [-0.39, 0.29) is 17.4 Å². The molecule has 3 aliphatic rings. The maximum Gasteiger partial charge on any atom is 0.257 e. The molecular weight excluding hydrogens is 510 g/mol. The predicted molar refractivity (Wildman–Crippen MR) is 165 cm³/mol. The predicted octanol–water partition coefficient (Wildman–Crippen LogP) is 4.88. The Labute approximate surface area is 244 Å². The summed E-state index contributed by atoms with van der Waals surface area (Å²) < 4.78 is 0. The second-order valence-corrected chi connectivity index (χ2v) is 11.8. The summed E-state index contributed by atoms with van der Waals surface area (Å²) in [5.41, 5.74) is 6.96. The molecule has 1 saturated heterocycles. The first-order chi connectivity index (χ1) is 19.8. The summed E-state index contributed by atoms with van der Waals surface area (Å²) in [6.07, 6.45) is 15.0. The van der Waals surface area contributed by atoms with Crippen molar-refractivity contribution < 1.29 is 9.59 Å². The Morgan fingerprint density at radius 1 is 1.10 bits per heavy atom. The first kappa shape index (κ1) is 29.0. The normalized spacial score (nSPS) is 22.6. The van der Waals surface area contributed by atoms with Crippen LogP contribution in [0.2, 0.25) is 0 Å². The Morgan fingerprint density at radius 3 is 2.63 bits per heavy atom. The molecule has 2 N–H and O–H groups in total. The third kappa shape index (κ3) is 6.52. The first-order valence-electron chi connectivity index (χ1n) is 15.0. The minimum atomic E-state index is -0.167. The van der Waals surface area contributed by atoms with E-state index < -0.39 is 0 Å². The third-order valence-corrected chi connectivity index (χ3v) is 8.84. The van der Waals surface area contributed by atoms with Crippen molar-refractivity contribution in [2.45, 2.75) is 58.4 Å². The summed E-state index contributed by atoms with van der Waals surface area (Å²) in [6, 6.07) is 8.01. The second kappa shape index (κ2) is 12.5. The lowest BCUT2D eigenvalue weighted by Gasteiger charge is -2.44. The van der Waals surface area contributed by atoms with Gasteiger partial charge in [-0.1, -0.05) is 36.8 Å². The fourth-order valence-corrected chi connectivity index (χ4v) is 6.08. The summed E-state index contributed by atoms with van der Waals surface area (Å²) in [4.78, 5) is 35.6. The minimum Gasteiger partial charge on any atom is -0.352 e. The number of allylic oxidation sites excluding steroid dienone is 2. The zero-order chi connectivity index (χ0) is 29.0. The van der Waals surface area contributed by atoms with Crippen molar-refractivity contribution in [3.05, 3.63) is 94.0 Å². The van der Waals surface area contributed by atoms with Crippen molar-refractivity contribution in [2.24, 2.45) is 0 Å². The number of aromatic nitrogens is 1. The summed E-state index contributed by atoms with van der Waals surface area (Å²) in [5.74, 6) is -0.165. The number of piperazine rings is 1. The fourth-order valence-electron chi connectivity index (χ4n) is 6.08. The van der Waals surface area contributed by atoms with Gasteiger partial charge in [0.15, 0.2) is 0 Å². The number of rotatable bonds is 5. The molecule has 3 heterocycles. The SMILES string of the molecule is C/C=C(/c1ccc2c(c1)CCCCCNC2=O)c1cc(C(=O)NC2=CCC(C)(N3CCN(C)CC3)C=C2)cnc1C. The number of carbonyl (C=O) groups is 2. The first-order valence-corrected chi connectivity index (χ1v) is 15.0. The molecule has 1 aromatic heterocycles. The van der Waals surface area contributed by atoms with Crippen LogP contribution in [0.15, 0.2) is 60.5 Å². The highest BCUT2D eigenvalue weighted by molar-refractivity contribution is 5.98. The second-order valence-electron chi connectivity index (χ2n) is 11.8. The number of nitrogens with one attached hydrogen (secondary N) is 2. The van der Waals surface area contributed by atoms with Crippen LogP contribution in [0.4, 0.5) is 0 Å². The average Bonchev–Trinajstić information content (AvgIpc) is 3.06. The molecule has 1 fully saturated rings. The smallest absolute Gasteiger partial charge is 0.257 e. The number of fused-ring (bicyclic) bond motifs is 1. The third-order valence-electron chi connectivity index (χ3n) is 8.84. The highest BCUT2D eigenvalue weighted by Crippen LogP contribution is 2.30. The van der Waals surface area contributed by atoms with Crippen LogP contribution in [0.5, 0.6) is 0 Å². The number of pyridine rings is 1. The molecule has 5 rings (SSSR count). The van der Waals surface area contributed by atoms with Gasteiger partial charge in [0.2, 0.25) is 0 Å². The summed E-state index contributed by atoms with van der Waals surface area (Å²) >= 11 is 0. The average molecular weight is 554 g/mol. The van der Waals surface area contributed by atoms with Crippen LogP contribution in [0, 0.1) is 6.92 Å². The molecule has 7 heteroatoms. The summed E-state index contributed by atoms with van der Waals surface area (Å²) in [5, 5.41) is 6.13. The van der Waals surface area contributed by atoms with E-state index in [0.717, 1.165) is 104 Å². The van der Waals surface area contributed by atoms with Crippen molar-refractivity contribution in [3.8, 4) is 0 Å². The molecule has 216 valence electrons. The lowest BCUT2D eigenvalue weighted by molar-refractivity contribution is 0.0797. The van der Waals surface area contributed by atoms with E-state index in [4.69, 9.17) is 0 Å². The lowest BCUT2D eigenvalue weighted by atomic mass is 9.89. The molecule has 41 heavy (non-hydrogen) atoms. The van der Waals surface area contributed by atoms with Crippen molar-refractivity contribution in [2.75, 3.05) is 39.8 Å². The van der Waals surface area contributed by atoms with Crippen LogP contribution in [0.3, 0.4) is 0 Å². The molecule has 1 atom stereocenters. The van der Waals surface area contributed by atoms with E-state index in [1.54, 1.807) is 6.20 Å². The molecule has 1 aromatic carbocycles. The van der Waals surface area contributed by atoms with Crippen LogP contribution in [-0.2, 0) is 6.42 Å². The maximum absolute atomic E-state index is 13.3. The highest BCUT2D eigenvalue weighted by Gasteiger charge is 2.32. The van der Waals surface area contributed by atoms with E-state index in [1.165, 1.54) is 0 Å². The topological polar surface area (TPSA) is 77.6 Å². The van der Waals surface area contributed by atoms with E-state index in [9.17, 15) is 9.59 Å². The Bertz CT molecular complexity index is 1400. The van der Waals surface area contributed by atoms with E-state index in [2.05, 4.69) is 63.7 Å². The monoisotopic (exact) mass is 553 g/mol. The van der Waals surface area contributed by atoms with Gasteiger partial charge >= 0.3 is 0 Å². The fraction of sp³-hybridized carbons (Fsp3) is 0.441. The van der Waals surface area contributed by atoms with Gasteiger partial charge in [0, 0.05) is 67.0 Å². The van der Waals surface area contributed by atoms with Gasteiger partial charge in [-0.05, 0) is 88.4 Å². The largest absolute Gasteiger partial charge is 0.352 e. The molecule has 1 unspecified atom stereocenters. The van der Waals surface area contributed by atoms with Crippen LogP contribution in [-0.4, -0.2) is 71.9 Å². The van der Waals surface area contributed by atoms with E-state index in [1.807, 2.05) is 38.1 Å². The molecule has 1 aliphatic carbocycles. The number of amides is 2. The highest BCUT2D eigenvalue weighted by atomic mass is 16.2. The van der Waals surface area contributed by atoms with E-state index >= 15 is 0 Å². The van der Waals surface area contributed by atoms with Crippen molar-refractivity contribution in [3.63, 3.8) is 0 Å². The quantitative estimate of drug-likeness (QED) is 0.552. The number of benzene rings is 1. The molecule has 0 bridgehead atoms. The van der Waals surface area contributed by atoms with Gasteiger partial charge in [0.1, 0.15) is 0 Å². The number of aryl methyl sites for hydroxylation is 2. The van der Waals surface area contributed by atoms with Crippen LogP contribution >= 0.6 is 0 Å². The van der Waals surface area contributed by atoms with Gasteiger partial charge in [-0.2, -0.15) is 0 Å². The molecule has 2 aromatic rings. The number of hydrogen-bond acceptors (Lipinski definition) is 5. The molecule has 0 saturated carbocycles. The van der Waals surface area contributed by atoms with Gasteiger partial charge in [-0.15, -0.1) is 0 Å². The Kier molecular flexibility index (Phi) is 8.85. The lowest BCUT2D eigenvalue weighted by Crippen LogP contribution is -2.54. The van der Waals surface area contributed by atoms with Gasteiger partial charge in [-0.25, -0.2) is 0 Å². The zero-order valence-electron chi connectivity index (χ0n) is 24.9. The molecule has 2 amide bonds. The van der Waals surface area contributed by atoms with Gasteiger partial charge < -0.3 is 15.5 Å². The standard InChI is InChI=1S/C34H43N5O2/c1-5-29(26-10-11-30-25(21-26)9-7-6-8-16-35-33(30)41)31-22-27(23-36-24(31)2)32(40)37-28-12-14-34(3,15-13-28)39-19-17-38(4)18-20-39/h5,10-14,21-23H,6-9,15-20H2,1-4H3,(H,35,41)(H,37,40)/b29-5-. The van der Waals surface area contributed by atoms with Crippen molar-refractivity contribution in [1.82, 2.24) is 25.4 Å². The van der Waals surface area contributed by atoms with E-state index in [0.29, 0.717) is 5.56 Å². The van der Waals surface area contributed by atoms with Crippen molar-refractivity contribution in [1.29, 1.82) is 0 Å². The van der Waals surface area contributed by atoms with Crippen LogP contribution in [0.1, 0.15) is 82.6 Å². The van der Waals surface area contributed by atoms with Gasteiger partial charge in [-0.3, -0.25) is 19.5 Å². The van der Waals surface area contributed by atoms with Gasteiger partial charge in [0.25, 0.3) is 11.8 Å². The number of likely N-dealkylation sites (N-methyl/N-ethyl adjacent to an activating group) is 1. The van der Waals surface area contributed by atoms with Crippen molar-refractivity contribution >= 4 is 17.4 Å². The molecule has 0 spiro atoms. The number of nitrogens with zero attached hydrogens (tertiary/aromatic N) is 3. The number of hydrogen-bond donors (Lipinski definition) is 2. The minimum absolute atomic E-state index is 0.00177. The summed E-state index contributed by atoms with van der Waals surface area (Å²) in [6.45, 7) is 11.2. The maximum atomic E-state index is 13.3. The Balaban J connectivity index is 1.33. The summed E-state index contributed by atoms with van der Waals surface area (Å²) in [7, 11) is 2.17. The molecule has 7 nitrogen and oxygen atoms in total. The van der Waals surface area contributed by atoms with Gasteiger partial charge in [0.05, 0.1) is 5.56 Å². The zero-order valence-corrected chi connectivity index (χ0v) is 24.9. The molecule has 2 aliphatic heterocycles. The van der Waals surface area contributed by atoms with Crippen LogP contribution in [0.25, 0.3) is 5.57 Å². The molecular formula is C34H43N5O2. The van der Waals surface area contributed by atoms with Crippen LogP contribution < -0.4 is 10.6 Å². The Hall–Kier alpha value is -3.55. The molecule has 0 radical (unpaired) electrons. The Morgan fingerprint density at radius 2 is 1.90 bits per heavy atom.